The number of hydrogen-bond acceptors (Lipinski definition) is 4. The summed E-state index contributed by atoms with van der Waals surface area (Å²) in [6.45, 7) is 0.621. The molecule has 1 aliphatic carbocycles. The summed E-state index contributed by atoms with van der Waals surface area (Å²) in [7, 11) is 1.37. The quantitative estimate of drug-likeness (QED) is 0.609. The number of esters is 1. The highest BCUT2D eigenvalue weighted by Gasteiger charge is 2.25. The van der Waals surface area contributed by atoms with Crippen molar-refractivity contribution in [1.82, 2.24) is 0 Å². The molecule has 2 aromatic rings. The molecule has 0 unspecified atom stereocenters. The molecule has 0 saturated heterocycles. The van der Waals surface area contributed by atoms with Crippen LogP contribution in [0.4, 0.5) is 0 Å². The van der Waals surface area contributed by atoms with E-state index < -0.39 is 0 Å². The second-order valence-electron chi connectivity index (χ2n) is 5.31. The minimum atomic E-state index is -0.389. The lowest BCUT2D eigenvalue weighted by molar-refractivity contribution is 0.0602. The SMILES string of the molecule is COC(=O)c1scc(C#Cc2ccc(Cl)cc2)c1OCC1CC1. The molecule has 1 fully saturated rings. The first-order chi connectivity index (χ1) is 11.2. The van der Waals surface area contributed by atoms with Crippen LogP contribution in [-0.4, -0.2) is 19.7 Å². The molecular formula is C18H15ClO3S. The van der Waals surface area contributed by atoms with E-state index in [-0.39, 0.29) is 5.97 Å². The number of ether oxygens (including phenoxy) is 2. The molecule has 1 aliphatic rings. The van der Waals surface area contributed by atoms with Crippen LogP contribution in [0.2, 0.25) is 5.02 Å². The largest absolute Gasteiger partial charge is 0.490 e. The summed E-state index contributed by atoms with van der Waals surface area (Å²) in [6, 6.07) is 7.30. The van der Waals surface area contributed by atoms with Crippen LogP contribution < -0.4 is 4.74 Å². The van der Waals surface area contributed by atoms with E-state index in [0.29, 0.717) is 33.7 Å². The Balaban J connectivity index is 1.86. The number of benzene rings is 1. The van der Waals surface area contributed by atoms with E-state index in [2.05, 4.69) is 11.8 Å². The number of hydrogen-bond donors (Lipinski definition) is 0. The zero-order valence-corrected chi connectivity index (χ0v) is 14.2. The Bertz CT molecular complexity index is 764. The first kappa shape index (κ1) is 15.9. The highest BCUT2D eigenvalue weighted by atomic mass is 35.5. The smallest absolute Gasteiger partial charge is 0.351 e. The third kappa shape index (κ3) is 4.07. The summed E-state index contributed by atoms with van der Waals surface area (Å²) in [5.41, 5.74) is 1.57. The topological polar surface area (TPSA) is 35.5 Å². The molecule has 0 radical (unpaired) electrons. The predicted molar refractivity (Wildman–Crippen MR) is 91.3 cm³/mol. The van der Waals surface area contributed by atoms with Gasteiger partial charge in [-0.2, -0.15) is 0 Å². The summed E-state index contributed by atoms with van der Waals surface area (Å²) in [5.74, 6) is 6.89. The number of methoxy groups -OCH3 is 1. The van der Waals surface area contributed by atoms with Crippen molar-refractivity contribution in [2.75, 3.05) is 13.7 Å². The maximum atomic E-state index is 11.9. The van der Waals surface area contributed by atoms with Gasteiger partial charge < -0.3 is 9.47 Å². The lowest BCUT2D eigenvalue weighted by Crippen LogP contribution is -2.05. The maximum absolute atomic E-state index is 11.9. The zero-order chi connectivity index (χ0) is 16.2. The summed E-state index contributed by atoms with van der Waals surface area (Å²) in [4.78, 5) is 12.3. The Hall–Kier alpha value is -1.96. The van der Waals surface area contributed by atoms with E-state index in [4.69, 9.17) is 21.1 Å². The van der Waals surface area contributed by atoms with E-state index in [9.17, 15) is 4.79 Å². The third-order valence-electron chi connectivity index (χ3n) is 3.46. The van der Waals surface area contributed by atoms with Crippen molar-refractivity contribution in [1.29, 1.82) is 0 Å². The number of carbonyl (C=O) groups excluding carboxylic acids is 1. The van der Waals surface area contributed by atoms with E-state index in [1.165, 1.54) is 31.3 Å². The summed E-state index contributed by atoms with van der Waals surface area (Å²) >= 11 is 7.16. The third-order valence-corrected chi connectivity index (χ3v) is 4.66. The van der Waals surface area contributed by atoms with Crippen LogP contribution in [0.1, 0.15) is 33.6 Å². The number of rotatable bonds is 4. The van der Waals surface area contributed by atoms with Gasteiger partial charge >= 0.3 is 5.97 Å². The fourth-order valence-electron chi connectivity index (χ4n) is 1.97. The molecular weight excluding hydrogens is 332 g/mol. The highest BCUT2D eigenvalue weighted by Crippen LogP contribution is 2.34. The normalized spacial score (nSPS) is 13.1. The minimum absolute atomic E-state index is 0.389. The summed E-state index contributed by atoms with van der Waals surface area (Å²) in [5, 5.41) is 2.50. The van der Waals surface area contributed by atoms with Crippen molar-refractivity contribution in [2.24, 2.45) is 5.92 Å². The van der Waals surface area contributed by atoms with Gasteiger partial charge in [-0.3, -0.25) is 0 Å². The van der Waals surface area contributed by atoms with Gasteiger partial charge in [-0.15, -0.1) is 11.3 Å². The van der Waals surface area contributed by atoms with Gasteiger partial charge in [0.05, 0.1) is 19.3 Å². The Morgan fingerprint density at radius 3 is 2.70 bits per heavy atom. The van der Waals surface area contributed by atoms with Crippen LogP contribution in [0, 0.1) is 17.8 Å². The van der Waals surface area contributed by atoms with Crippen LogP contribution in [0.15, 0.2) is 29.6 Å². The van der Waals surface area contributed by atoms with Crippen molar-refractivity contribution < 1.29 is 14.3 Å². The Morgan fingerprint density at radius 1 is 1.30 bits per heavy atom. The minimum Gasteiger partial charge on any atom is -0.490 e. The van der Waals surface area contributed by atoms with Crippen molar-refractivity contribution in [3.63, 3.8) is 0 Å². The van der Waals surface area contributed by atoms with Gasteiger partial charge in [0.15, 0.2) is 10.6 Å². The lowest BCUT2D eigenvalue weighted by Gasteiger charge is -2.06. The molecule has 3 nitrogen and oxygen atoms in total. The molecule has 5 heteroatoms. The van der Waals surface area contributed by atoms with Crippen LogP contribution in [0.3, 0.4) is 0 Å². The van der Waals surface area contributed by atoms with Crippen LogP contribution in [0.5, 0.6) is 5.75 Å². The molecule has 23 heavy (non-hydrogen) atoms. The summed E-state index contributed by atoms with van der Waals surface area (Å²) < 4.78 is 10.7. The van der Waals surface area contributed by atoms with Gasteiger partial charge in [-0.25, -0.2) is 4.79 Å². The maximum Gasteiger partial charge on any atom is 0.351 e. The molecule has 1 heterocycles. The number of carbonyl (C=O) groups is 1. The molecule has 0 N–H and O–H groups in total. The van der Waals surface area contributed by atoms with Gasteiger partial charge in [0.1, 0.15) is 0 Å². The fraction of sp³-hybridized carbons (Fsp3) is 0.278. The second kappa shape index (κ2) is 7.08. The summed E-state index contributed by atoms with van der Waals surface area (Å²) in [6.07, 6.45) is 2.37. The average Bonchev–Trinajstić information content (AvgIpc) is 3.31. The second-order valence-corrected chi connectivity index (χ2v) is 6.63. The van der Waals surface area contributed by atoms with Crippen molar-refractivity contribution in [3.05, 3.63) is 50.7 Å². The zero-order valence-electron chi connectivity index (χ0n) is 12.6. The fourth-order valence-corrected chi connectivity index (χ4v) is 2.95. The Kier molecular flexibility index (Phi) is 4.90. The molecule has 0 amide bonds. The Morgan fingerprint density at radius 2 is 2.04 bits per heavy atom. The monoisotopic (exact) mass is 346 g/mol. The van der Waals surface area contributed by atoms with Gasteiger partial charge in [0.2, 0.25) is 0 Å². The molecule has 3 rings (SSSR count). The van der Waals surface area contributed by atoms with Crippen molar-refractivity contribution in [3.8, 4) is 17.6 Å². The standard InChI is InChI=1S/C18H15ClO3S/c1-21-18(20)17-16(22-10-13-2-3-13)14(11-23-17)7-4-12-5-8-15(19)9-6-12/h5-6,8-9,11,13H,2-3,10H2,1H3. The van der Waals surface area contributed by atoms with Gasteiger partial charge in [0.25, 0.3) is 0 Å². The van der Waals surface area contributed by atoms with Crippen molar-refractivity contribution >= 4 is 28.9 Å². The van der Waals surface area contributed by atoms with Crippen LogP contribution in [0.25, 0.3) is 0 Å². The van der Waals surface area contributed by atoms with E-state index in [1.54, 1.807) is 12.1 Å². The first-order valence-corrected chi connectivity index (χ1v) is 8.53. The molecule has 1 aromatic carbocycles. The molecule has 0 bridgehead atoms. The lowest BCUT2D eigenvalue weighted by atomic mass is 10.2. The van der Waals surface area contributed by atoms with Crippen molar-refractivity contribution in [2.45, 2.75) is 12.8 Å². The molecule has 0 aliphatic heterocycles. The van der Waals surface area contributed by atoms with Crippen LogP contribution >= 0.6 is 22.9 Å². The van der Waals surface area contributed by atoms with E-state index in [0.717, 1.165) is 5.56 Å². The van der Waals surface area contributed by atoms with Crippen LogP contribution in [-0.2, 0) is 4.74 Å². The number of halogens is 1. The molecule has 1 saturated carbocycles. The van der Waals surface area contributed by atoms with E-state index >= 15 is 0 Å². The molecule has 0 spiro atoms. The first-order valence-electron chi connectivity index (χ1n) is 7.27. The molecule has 0 atom stereocenters. The average molecular weight is 347 g/mol. The predicted octanol–water partition coefficient (Wildman–Crippen LogP) is 4.38. The molecule has 1 aromatic heterocycles. The van der Waals surface area contributed by atoms with Gasteiger partial charge in [0, 0.05) is 16.0 Å². The Labute approximate surface area is 144 Å². The van der Waals surface area contributed by atoms with E-state index in [1.807, 2.05) is 17.5 Å². The van der Waals surface area contributed by atoms with Gasteiger partial charge in [-0.05, 0) is 43.0 Å². The number of thiophene rings is 1. The highest BCUT2D eigenvalue weighted by molar-refractivity contribution is 7.12. The van der Waals surface area contributed by atoms with Gasteiger partial charge in [-0.1, -0.05) is 23.4 Å². The molecule has 118 valence electrons.